The molecule has 124 valence electrons. The van der Waals surface area contributed by atoms with Crippen molar-refractivity contribution in [3.63, 3.8) is 0 Å². The zero-order valence-electron chi connectivity index (χ0n) is 13.1. The molecule has 2 aromatic rings. The van der Waals surface area contributed by atoms with Crippen LogP contribution < -0.4 is 13.8 Å². The van der Waals surface area contributed by atoms with Crippen LogP contribution in [0.5, 0.6) is 11.5 Å². The van der Waals surface area contributed by atoms with Gasteiger partial charge in [-0.15, -0.1) is 0 Å². The monoisotopic (exact) mass is 355 g/mol. The van der Waals surface area contributed by atoms with Crippen LogP contribution in [0.3, 0.4) is 0 Å². The Morgan fingerprint density at radius 3 is 2.22 bits per heavy atom. The standard InChI is InChI=1S/C16H18ClNO4S/c1-21-14-8-9-15(16(10-14)22-2)18(23(3,19)20)11-12-4-6-13(17)7-5-12/h4-10H,11H2,1-3H3. The molecule has 23 heavy (non-hydrogen) atoms. The summed E-state index contributed by atoms with van der Waals surface area (Å²) in [5.41, 5.74) is 1.27. The molecule has 0 fully saturated rings. The van der Waals surface area contributed by atoms with Crippen LogP contribution in [0.1, 0.15) is 5.56 Å². The summed E-state index contributed by atoms with van der Waals surface area (Å²) in [6, 6.07) is 12.0. The van der Waals surface area contributed by atoms with E-state index < -0.39 is 10.0 Å². The molecule has 5 nitrogen and oxygen atoms in total. The van der Waals surface area contributed by atoms with Gasteiger partial charge in [-0.3, -0.25) is 4.31 Å². The molecule has 0 saturated heterocycles. The molecule has 0 aliphatic heterocycles. The predicted molar refractivity (Wildman–Crippen MR) is 92.0 cm³/mol. The highest BCUT2D eigenvalue weighted by atomic mass is 35.5. The average molecular weight is 356 g/mol. The molecule has 0 amide bonds. The van der Waals surface area contributed by atoms with Gasteiger partial charge in [-0.1, -0.05) is 23.7 Å². The molecule has 0 radical (unpaired) electrons. The van der Waals surface area contributed by atoms with Gasteiger partial charge in [0.1, 0.15) is 11.5 Å². The Morgan fingerprint density at radius 1 is 1.04 bits per heavy atom. The summed E-state index contributed by atoms with van der Waals surface area (Å²) in [7, 11) is -0.474. The Balaban J connectivity index is 2.45. The van der Waals surface area contributed by atoms with Crippen molar-refractivity contribution in [3.8, 4) is 11.5 Å². The average Bonchev–Trinajstić information content (AvgIpc) is 2.52. The third-order valence-corrected chi connectivity index (χ3v) is 4.67. The smallest absolute Gasteiger partial charge is 0.232 e. The van der Waals surface area contributed by atoms with E-state index in [-0.39, 0.29) is 6.54 Å². The minimum Gasteiger partial charge on any atom is -0.497 e. The van der Waals surface area contributed by atoms with Gasteiger partial charge in [0.15, 0.2) is 0 Å². The zero-order valence-corrected chi connectivity index (χ0v) is 14.7. The molecule has 0 saturated carbocycles. The summed E-state index contributed by atoms with van der Waals surface area (Å²) in [6.45, 7) is 0.179. The van der Waals surface area contributed by atoms with Gasteiger partial charge < -0.3 is 9.47 Å². The lowest BCUT2D eigenvalue weighted by Gasteiger charge is -2.24. The Hall–Kier alpha value is -1.92. The molecule has 0 unspecified atom stereocenters. The number of hydrogen-bond donors (Lipinski definition) is 0. The van der Waals surface area contributed by atoms with Crippen molar-refractivity contribution < 1.29 is 17.9 Å². The highest BCUT2D eigenvalue weighted by Crippen LogP contribution is 2.34. The lowest BCUT2D eigenvalue weighted by atomic mass is 10.2. The van der Waals surface area contributed by atoms with Gasteiger partial charge in [-0.2, -0.15) is 0 Å². The molecule has 0 bridgehead atoms. The summed E-state index contributed by atoms with van der Waals surface area (Å²) >= 11 is 5.87. The number of anilines is 1. The van der Waals surface area contributed by atoms with Crippen LogP contribution in [-0.2, 0) is 16.6 Å². The predicted octanol–water partition coefficient (Wildman–Crippen LogP) is 3.32. The molecule has 2 aromatic carbocycles. The maximum atomic E-state index is 12.2. The zero-order chi connectivity index (χ0) is 17.0. The summed E-state index contributed by atoms with van der Waals surface area (Å²) < 4.78 is 36.2. The SMILES string of the molecule is COc1ccc(N(Cc2ccc(Cl)cc2)S(C)(=O)=O)c(OC)c1. The van der Waals surface area contributed by atoms with E-state index in [2.05, 4.69) is 0 Å². The van der Waals surface area contributed by atoms with E-state index in [4.69, 9.17) is 21.1 Å². The van der Waals surface area contributed by atoms with E-state index in [9.17, 15) is 8.42 Å². The fourth-order valence-corrected chi connectivity index (χ4v) is 3.15. The number of nitrogens with zero attached hydrogens (tertiary/aromatic N) is 1. The molecule has 0 spiro atoms. The van der Waals surface area contributed by atoms with Crippen molar-refractivity contribution in [2.45, 2.75) is 6.54 Å². The number of rotatable bonds is 6. The second kappa shape index (κ2) is 7.10. The van der Waals surface area contributed by atoms with Gasteiger partial charge in [-0.05, 0) is 29.8 Å². The maximum absolute atomic E-state index is 12.2. The molecule has 0 heterocycles. The van der Waals surface area contributed by atoms with Gasteiger partial charge in [0, 0.05) is 11.1 Å². The summed E-state index contributed by atoms with van der Waals surface area (Å²) in [5.74, 6) is 1.01. The third-order valence-electron chi connectivity index (χ3n) is 3.30. The highest BCUT2D eigenvalue weighted by molar-refractivity contribution is 7.92. The first kappa shape index (κ1) is 17.4. The molecule has 0 atom stereocenters. The van der Waals surface area contributed by atoms with E-state index in [0.29, 0.717) is 22.2 Å². The van der Waals surface area contributed by atoms with Crippen molar-refractivity contribution in [1.82, 2.24) is 0 Å². The van der Waals surface area contributed by atoms with Crippen molar-refractivity contribution in [2.24, 2.45) is 0 Å². The third kappa shape index (κ3) is 4.30. The lowest BCUT2D eigenvalue weighted by molar-refractivity contribution is 0.395. The number of ether oxygens (including phenoxy) is 2. The Labute approximate surface area is 141 Å². The Bertz CT molecular complexity index is 775. The van der Waals surface area contributed by atoms with Crippen LogP contribution in [0.4, 0.5) is 5.69 Å². The number of benzene rings is 2. The first-order chi connectivity index (χ1) is 10.8. The van der Waals surface area contributed by atoms with E-state index in [1.165, 1.54) is 18.5 Å². The van der Waals surface area contributed by atoms with Gasteiger partial charge in [0.05, 0.1) is 32.7 Å². The fraction of sp³-hybridized carbons (Fsp3) is 0.250. The molecule has 0 N–H and O–H groups in total. The Morgan fingerprint density at radius 2 is 1.70 bits per heavy atom. The van der Waals surface area contributed by atoms with Crippen LogP contribution in [0.2, 0.25) is 5.02 Å². The number of halogens is 1. The summed E-state index contributed by atoms with van der Waals surface area (Å²) in [5, 5.41) is 0.599. The van der Waals surface area contributed by atoms with Crippen molar-refractivity contribution in [1.29, 1.82) is 0 Å². The molecular weight excluding hydrogens is 338 g/mol. The first-order valence-corrected chi connectivity index (χ1v) is 9.02. The van der Waals surface area contributed by atoms with Crippen LogP contribution in [0, 0.1) is 0 Å². The van der Waals surface area contributed by atoms with Gasteiger partial charge >= 0.3 is 0 Å². The molecule has 2 rings (SSSR count). The van der Waals surface area contributed by atoms with E-state index >= 15 is 0 Å². The van der Waals surface area contributed by atoms with Gasteiger partial charge in [-0.25, -0.2) is 8.42 Å². The van der Waals surface area contributed by atoms with Gasteiger partial charge in [0.25, 0.3) is 0 Å². The topological polar surface area (TPSA) is 55.8 Å². The number of sulfonamides is 1. The second-order valence-corrected chi connectivity index (χ2v) is 7.28. The molecule has 0 aliphatic carbocycles. The van der Waals surface area contributed by atoms with E-state index in [1.807, 2.05) is 0 Å². The van der Waals surface area contributed by atoms with Crippen molar-refractivity contribution in [2.75, 3.05) is 24.8 Å². The minimum atomic E-state index is -3.50. The van der Waals surface area contributed by atoms with Crippen molar-refractivity contribution in [3.05, 3.63) is 53.1 Å². The quantitative estimate of drug-likeness (QED) is 0.797. The summed E-state index contributed by atoms with van der Waals surface area (Å²) in [6.07, 6.45) is 1.16. The molecule has 0 aromatic heterocycles. The van der Waals surface area contributed by atoms with Gasteiger partial charge in [0.2, 0.25) is 10.0 Å². The van der Waals surface area contributed by atoms with Crippen molar-refractivity contribution >= 4 is 27.3 Å². The number of hydrogen-bond acceptors (Lipinski definition) is 4. The molecular formula is C16H18ClNO4S. The van der Waals surface area contributed by atoms with E-state index in [0.717, 1.165) is 11.8 Å². The first-order valence-electron chi connectivity index (χ1n) is 6.79. The normalized spacial score (nSPS) is 11.1. The lowest BCUT2D eigenvalue weighted by Crippen LogP contribution is -2.29. The second-order valence-electron chi connectivity index (χ2n) is 4.93. The Kier molecular flexibility index (Phi) is 5.38. The minimum absolute atomic E-state index is 0.179. The highest BCUT2D eigenvalue weighted by Gasteiger charge is 2.22. The van der Waals surface area contributed by atoms with Crippen LogP contribution in [-0.4, -0.2) is 28.9 Å². The summed E-state index contributed by atoms with van der Waals surface area (Å²) in [4.78, 5) is 0. The van der Waals surface area contributed by atoms with Crippen LogP contribution in [0.25, 0.3) is 0 Å². The molecule has 0 aliphatic rings. The van der Waals surface area contributed by atoms with E-state index in [1.54, 1.807) is 42.5 Å². The number of methoxy groups -OCH3 is 2. The largest absolute Gasteiger partial charge is 0.497 e. The molecule has 7 heteroatoms. The maximum Gasteiger partial charge on any atom is 0.232 e. The van der Waals surface area contributed by atoms with Crippen LogP contribution >= 0.6 is 11.6 Å². The fourth-order valence-electron chi connectivity index (χ4n) is 2.13. The van der Waals surface area contributed by atoms with Crippen LogP contribution in [0.15, 0.2) is 42.5 Å².